The summed E-state index contributed by atoms with van der Waals surface area (Å²) in [4.78, 5) is 8.12. The maximum absolute atomic E-state index is 7.22. The molecule has 1 rings (SSSR count). The van der Waals surface area contributed by atoms with Crippen LogP contribution in [0, 0.1) is 5.41 Å². The van der Waals surface area contributed by atoms with Gasteiger partial charge >= 0.3 is 0 Å². The third-order valence-corrected chi connectivity index (χ3v) is 1.42. The van der Waals surface area contributed by atoms with Crippen molar-refractivity contribution in [3.05, 3.63) is 18.0 Å². The smallest absolute Gasteiger partial charge is 0.223 e. The standard InChI is InChI=1S/C9H15N5/c1-9(2,3)14-8-12-5-4-6(13-8)7(10)11/h4-5H,1-3H3,(H3,10,11)(H,12,13,14). The lowest BCUT2D eigenvalue weighted by molar-refractivity contribution is 0.625. The third-order valence-electron chi connectivity index (χ3n) is 1.42. The van der Waals surface area contributed by atoms with E-state index in [2.05, 4.69) is 15.3 Å². The SMILES string of the molecule is CC(C)(C)Nc1nccc(C(=N)N)n1. The highest BCUT2D eigenvalue weighted by atomic mass is 15.1. The molecule has 0 radical (unpaired) electrons. The Balaban J connectivity index is 2.89. The maximum Gasteiger partial charge on any atom is 0.223 e. The minimum absolute atomic E-state index is 0.0515. The number of nitrogens with one attached hydrogen (secondary N) is 2. The summed E-state index contributed by atoms with van der Waals surface area (Å²) >= 11 is 0. The molecule has 0 bridgehead atoms. The van der Waals surface area contributed by atoms with Crippen molar-refractivity contribution in [1.82, 2.24) is 9.97 Å². The summed E-state index contributed by atoms with van der Waals surface area (Å²) in [5, 5.41) is 10.3. The monoisotopic (exact) mass is 193 g/mol. The Hall–Kier alpha value is -1.65. The number of nitrogens with two attached hydrogens (primary N) is 1. The first-order chi connectivity index (χ1) is 6.38. The lowest BCUT2D eigenvalue weighted by Crippen LogP contribution is -2.28. The van der Waals surface area contributed by atoms with E-state index < -0.39 is 0 Å². The lowest BCUT2D eigenvalue weighted by Gasteiger charge is -2.20. The number of aromatic nitrogens is 2. The van der Waals surface area contributed by atoms with Crippen LogP contribution in [-0.4, -0.2) is 21.3 Å². The van der Waals surface area contributed by atoms with Crippen LogP contribution >= 0.6 is 0 Å². The van der Waals surface area contributed by atoms with Crippen LogP contribution in [0.5, 0.6) is 0 Å². The zero-order valence-electron chi connectivity index (χ0n) is 8.63. The van der Waals surface area contributed by atoms with Gasteiger partial charge in [0.15, 0.2) is 0 Å². The molecular weight excluding hydrogens is 178 g/mol. The van der Waals surface area contributed by atoms with Crippen LogP contribution in [-0.2, 0) is 0 Å². The third kappa shape index (κ3) is 3.01. The fourth-order valence-corrected chi connectivity index (χ4v) is 0.904. The Morgan fingerprint density at radius 2 is 2.14 bits per heavy atom. The Bertz CT molecular complexity index is 339. The Labute approximate surface area is 83.3 Å². The van der Waals surface area contributed by atoms with E-state index in [4.69, 9.17) is 11.1 Å². The van der Waals surface area contributed by atoms with Gasteiger partial charge in [-0.2, -0.15) is 0 Å². The van der Waals surface area contributed by atoms with E-state index >= 15 is 0 Å². The molecule has 0 aromatic carbocycles. The molecule has 1 heterocycles. The van der Waals surface area contributed by atoms with Crippen LogP contribution in [0.1, 0.15) is 26.5 Å². The highest BCUT2D eigenvalue weighted by molar-refractivity contribution is 5.93. The van der Waals surface area contributed by atoms with E-state index in [1.54, 1.807) is 12.3 Å². The second-order valence-electron chi connectivity index (χ2n) is 4.05. The van der Waals surface area contributed by atoms with Gasteiger partial charge in [0.25, 0.3) is 0 Å². The van der Waals surface area contributed by atoms with Crippen LogP contribution in [0.2, 0.25) is 0 Å². The van der Waals surface area contributed by atoms with E-state index in [9.17, 15) is 0 Å². The predicted octanol–water partition coefficient (Wildman–Crippen LogP) is 0.971. The van der Waals surface area contributed by atoms with Gasteiger partial charge in [0.05, 0.1) is 0 Å². The molecule has 1 aromatic rings. The second-order valence-corrected chi connectivity index (χ2v) is 4.05. The summed E-state index contributed by atoms with van der Waals surface area (Å²) in [7, 11) is 0. The van der Waals surface area contributed by atoms with Gasteiger partial charge in [0, 0.05) is 11.7 Å². The molecule has 5 heteroatoms. The van der Waals surface area contributed by atoms with Crippen molar-refractivity contribution in [2.75, 3.05) is 5.32 Å². The van der Waals surface area contributed by atoms with Gasteiger partial charge in [-0.1, -0.05) is 0 Å². The van der Waals surface area contributed by atoms with E-state index in [0.29, 0.717) is 11.6 Å². The fourth-order valence-electron chi connectivity index (χ4n) is 0.904. The molecule has 0 saturated carbocycles. The van der Waals surface area contributed by atoms with Crippen molar-refractivity contribution in [3.63, 3.8) is 0 Å². The average molecular weight is 193 g/mol. The van der Waals surface area contributed by atoms with Gasteiger partial charge < -0.3 is 11.1 Å². The molecule has 0 atom stereocenters. The summed E-state index contributed by atoms with van der Waals surface area (Å²) in [5.74, 6) is 0.439. The van der Waals surface area contributed by atoms with Crippen molar-refractivity contribution in [1.29, 1.82) is 5.41 Å². The van der Waals surface area contributed by atoms with Crippen molar-refractivity contribution in [3.8, 4) is 0 Å². The van der Waals surface area contributed by atoms with Crippen LogP contribution in [0.4, 0.5) is 5.95 Å². The van der Waals surface area contributed by atoms with Gasteiger partial charge in [-0.05, 0) is 26.8 Å². The molecule has 0 aliphatic heterocycles. The van der Waals surface area contributed by atoms with Crippen molar-refractivity contribution in [2.45, 2.75) is 26.3 Å². The highest BCUT2D eigenvalue weighted by Crippen LogP contribution is 2.09. The highest BCUT2D eigenvalue weighted by Gasteiger charge is 2.11. The predicted molar refractivity (Wildman–Crippen MR) is 56.4 cm³/mol. The summed E-state index contributed by atoms with van der Waals surface area (Å²) in [6, 6.07) is 1.61. The number of hydrogen-bond acceptors (Lipinski definition) is 4. The van der Waals surface area contributed by atoms with Crippen molar-refractivity contribution < 1.29 is 0 Å². The number of hydrogen-bond donors (Lipinski definition) is 3. The minimum Gasteiger partial charge on any atom is -0.382 e. The first-order valence-electron chi connectivity index (χ1n) is 4.34. The zero-order chi connectivity index (χ0) is 10.8. The molecule has 1 aromatic heterocycles. The van der Waals surface area contributed by atoms with E-state index in [1.165, 1.54) is 0 Å². The summed E-state index contributed by atoms with van der Waals surface area (Å²) < 4.78 is 0. The van der Waals surface area contributed by atoms with Crippen LogP contribution in [0.15, 0.2) is 12.3 Å². The molecule has 0 unspecified atom stereocenters. The largest absolute Gasteiger partial charge is 0.382 e. The molecule has 5 nitrogen and oxygen atoms in total. The fraction of sp³-hybridized carbons (Fsp3) is 0.444. The van der Waals surface area contributed by atoms with Crippen LogP contribution < -0.4 is 11.1 Å². The number of nitrogen functional groups attached to an aromatic ring is 1. The maximum atomic E-state index is 7.22. The molecule has 0 amide bonds. The van der Waals surface area contributed by atoms with Gasteiger partial charge in [-0.3, -0.25) is 5.41 Å². The number of anilines is 1. The molecule has 76 valence electrons. The van der Waals surface area contributed by atoms with Crippen molar-refractivity contribution in [2.24, 2.45) is 5.73 Å². The van der Waals surface area contributed by atoms with Gasteiger partial charge in [-0.25, -0.2) is 9.97 Å². The first-order valence-corrected chi connectivity index (χ1v) is 4.34. The Morgan fingerprint density at radius 1 is 1.50 bits per heavy atom. The van der Waals surface area contributed by atoms with Crippen LogP contribution in [0.25, 0.3) is 0 Å². The molecule has 0 spiro atoms. The first kappa shape index (κ1) is 10.4. The van der Waals surface area contributed by atoms with Crippen molar-refractivity contribution >= 4 is 11.8 Å². The van der Waals surface area contributed by atoms with Gasteiger partial charge in [0.1, 0.15) is 11.5 Å². The topological polar surface area (TPSA) is 87.7 Å². The van der Waals surface area contributed by atoms with Gasteiger partial charge in [0.2, 0.25) is 5.95 Å². The average Bonchev–Trinajstić information content (AvgIpc) is 2.01. The second kappa shape index (κ2) is 3.61. The molecule has 0 fully saturated rings. The van der Waals surface area contributed by atoms with E-state index in [-0.39, 0.29) is 11.4 Å². The zero-order valence-corrected chi connectivity index (χ0v) is 8.63. The number of amidine groups is 1. The Morgan fingerprint density at radius 3 is 2.64 bits per heavy atom. The minimum atomic E-state index is -0.102. The molecule has 4 N–H and O–H groups in total. The number of rotatable bonds is 2. The normalized spacial score (nSPS) is 11.1. The lowest BCUT2D eigenvalue weighted by atomic mass is 10.1. The van der Waals surface area contributed by atoms with Gasteiger partial charge in [-0.15, -0.1) is 0 Å². The number of nitrogens with zero attached hydrogens (tertiary/aromatic N) is 2. The molecular formula is C9H15N5. The molecule has 0 aliphatic rings. The van der Waals surface area contributed by atoms with E-state index in [0.717, 1.165) is 0 Å². The molecule has 0 saturated heterocycles. The van der Waals surface area contributed by atoms with E-state index in [1.807, 2.05) is 20.8 Å². The quantitative estimate of drug-likeness (QED) is 0.482. The molecule has 0 aliphatic carbocycles. The van der Waals surface area contributed by atoms with Crippen LogP contribution in [0.3, 0.4) is 0 Å². The summed E-state index contributed by atoms with van der Waals surface area (Å²) in [6.45, 7) is 6.03. The molecule has 14 heavy (non-hydrogen) atoms. The summed E-state index contributed by atoms with van der Waals surface area (Å²) in [5.41, 5.74) is 5.65. The Kier molecular flexibility index (Phi) is 2.69. The summed E-state index contributed by atoms with van der Waals surface area (Å²) in [6.07, 6.45) is 1.58.